The second-order valence-electron chi connectivity index (χ2n) is 5.13. The van der Waals surface area contributed by atoms with E-state index in [9.17, 15) is 4.79 Å². The highest BCUT2D eigenvalue weighted by Gasteiger charge is 2.27. The number of nitrogens with two attached hydrogens (primary N) is 1. The Morgan fingerprint density at radius 1 is 1.53 bits per heavy atom. The number of carbonyl (C=O) groups is 1. The standard InChI is InChI=1S/C12H23N3OS/c1-8(2)10(11(13)17)12(16)14-6-7-15(3)9-4-5-9/h8-10H,4-7H2,1-3H3,(H2,13,17)(H,14,16). The average molecular weight is 257 g/mol. The molecule has 0 aliphatic heterocycles. The van der Waals surface area contributed by atoms with Crippen molar-refractivity contribution in [1.82, 2.24) is 10.2 Å². The first-order valence-corrected chi connectivity index (χ1v) is 6.61. The van der Waals surface area contributed by atoms with Gasteiger partial charge in [0, 0.05) is 19.1 Å². The zero-order valence-electron chi connectivity index (χ0n) is 10.9. The van der Waals surface area contributed by atoms with Gasteiger partial charge in [0.05, 0.1) is 10.9 Å². The number of thiocarbonyl (C=S) groups is 1. The maximum Gasteiger partial charge on any atom is 0.230 e. The molecule has 98 valence electrons. The molecule has 0 aromatic heterocycles. The third-order valence-corrected chi connectivity index (χ3v) is 3.44. The third-order valence-electron chi connectivity index (χ3n) is 3.19. The van der Waals surface area contributed by atoms with Crippen molar-refractivity contribution in [3.63, 3.8) is 0 Å². The average Bonchev–Trinajstić information content (AvgIpc) is 2.98. The molecule has 5 heteroatoms. The SMILES string of the molecule is CC(C)C(C(=O)NCCN(C)C1CC1)C(N)=S. The number of amides is 1. The summed E-state index contributed by atoms with van der Waals surface area (Å²) in [7, 11) is 2.09. The quantitative estimate of drug-likeness (QED) is 0.661. The lowest BCUT2D eigenvalue weighted by molar-refractivity contribution is -0.124. The van der Waals surface area contributed by atoms with Gasteiger partial charge >= 0.3 is 0 Å². The van der Waals surface area contributed by atoms with Crippen LogP contribution in [0.4, 0.5) is 0 Å². The summed E-state index contributed by atoms with van der Waals surface area (Å²) in [5.74, 6) is -0.249. The highest BCUT2D eigenvalue weighted by Crippen LogP contribution is 2.24. The Morgan fingerprint density at radius 3 is 2.53 bits per heavy atom. The van der Waals surface area contributed by atoms with E-state index in [4.69, 9.17) is 18.0 Å². The number of hydrogen-bond acceptors (Lipinski definition) is 3. The first kappa shape index (κ1) is 14.4. The van der Waals surface area contributed by atoms with E-state index in [2.05, 4.69) is 17.3 Å². The van der Waals surface area contributed by atoms with Gasteiger partial charge < -0.3 is 16.0 Å². The van der Waals surface area contributed by atoms with Crippen LogP contribution in [0.5, 0.6) is 0 Å². The van der Waals surface area contributed by atoms with Gasteiger partial charge in [0.2, 0.25) is 5.91 Å². The lowest BCUT2D eigenvalue weighted by Gasteiger charge is -2.20. The Morgan fingerprint density at radius 2 is 2.12 bits per heavy atom. The van der Waals surface area contributed by atoms with Gasteiger partial charge in [-0.05, 0) is 25.8 Å². The van der Waals surface area contributed by atoms with Crippen LogP contribution < -0.4 is 11.1 Å². The van der Waals surface area contributed by atoms with Crippen LogP contribution in [0, 0.1) is 11.8 Å². The molecule has 3 N–H and O–H groups in total. The highest BCUT2D eigenvalue weighted by atomic mass is 32.1. The summed E-state index contributed by atoms with van der Waals surface area (Å²) in [6, 6.07) is 0.725. The van der Waals surface area contributed by atoms with E-state index in [1.165, 1.54) is 12.8 Å². The fraction of sp³-hybridized carbons (Fsp3) is 0.833. The maximum absolute atomic E-state index is 11.9. The molecule has 0 spiro atoms. The molecule has 0 saturated heterocycles. The molecule has 4 nitrogen and oxygen atoms in total. The monoisotopic (exact) mass is 257 g/mol. The molecule has 0 bridgehead atoms. The van der Waals surface area contributed by atoms with Gasteiger partial charge in [-0.1, -0.05) is 26.1 Å². The fourth-order valence-electron chi connectivity index (χ4n) is 1.92. The van der Waals surface area contributed by atoms with E-state index in [0.717, 1.165) is 12.6 Å². The minimum atomic E-state index is -0.351. The van der Waals surface area contributed by atoms with Gasteiger partial charge in [0.1, 0.15) is 0 Å². The van der Waals surface area contributed by atoms with E-state index in [-0.39, 0.29) is 22.7 Å². The number of nitrogens with one attached hydrogen (secondary N) is 1. The summed E-state index contributed by atoms with van der Waals surface area (Å²) in [4.78, 5) is 14.5. The topological polar surface area (TPSA) is 58.4 Å². The molecule has 0 radical (unpaired) electrons. The molecule has 1 fully saturated rings. The van der Waals surface area contributed by atoms with Crippen molar-refractivity contribution in [2.24, 2.45) is 17.6 Å². The van der Waals surface area contributed by atoms with E-state index < -0.39 is 0 Å². The van der Waals surface area contributed by atoms with Crippen molar-refractivity contribution < 1.29 is 4.79 Å². The number of likely N-dealkylation sites (N-methyl/N-ethyl adjacent to an activating group) is 1. The van der Waals surface area contributed by atoms with Crippen molar-refractivity contribution in [3.05, 3.63) is 0 Å². The maximum atomic E-state index is 11.9. The Kier molecular flexibility index (Phi) is 5.33. The summed E-state index contributed by atoms with van der Waals surface area (Å²) < 4.78 is 0. The number of carbonyl (C=O) groups excluding carboxylic acids is 1. The van der Waals surface area contributed by atoms with Crippen molar-refractivity contribution >= 4 is 23.1 Å². The molecule has 1 amide bonds. The van der Waals surface area contributed by atoms with Crippen LogP contribution in [-0.2, 0) is 4.79 Å². The van der Waals surface area contributed by atoms with Crippen LogP contribution in [0.3, 0.4) is 0 Å². The van der Waals surface area contributed by atoms with Crippen LogP contribution in [0.2, 0.25) is 0 Å². The smallest absolute Gasteiger partial charge is 0.230 e. The van der Waals surface area contributed by atoms with Crippen LogP contribution in [0.1, 0.15) is 26.7 Å². The van der Waals surface area contributed by atoms with Crippen LogP contribution >= 0.6 is 12.2 Å². The summed E-state index contributed by atoms with van der Waals surface area (Å²) in [5, 5.41) is 2.91. The van der Waals surface area contributed by atoms with Crippen LogP contribution in [0.25, 0.3) is 0 Å². The lowest BCUT2D eigenvalue weighted by Crippen LogP contribution is -2.43. The molecule has 1 unspecified atom stereocenters. The zero-order valence-corrected chi connectivity index (χ0v) is 11.7. The molecule has 1 saturated carbocycles. The molecular formula is C12H23N3OS. The van der Waals surface area contributed by atoms with Crippen molar-refractivity contribution in [2.45, 2.75) is 32.7 Å². The van der Waals surface area contributed by atoms with Gasteiger partial charge in [-0.3, -0.25) is 4.79 Å². The normalized spacial score (nSPS) is 17.2. The predicted octanol–water partition coefficient (Wildman–Crippen LogP) is 0.755. The van der Waals surface area contributed by atoms with Gasteiger partial charge in [-0.25, -0.2) is 0 Å². The van der Waals surface area contributed by atoms with Gasteiger partial charge in [0.25, 0.3) is 0 Å². The summed E-state index contributed by atoms with van der Waals surface area (Å²) in [6.45, 7) is 5.47. The molecule has 1 aliphatic carbocycles. The first-order valence-electron chi connectivity index (χ1n) is 6.20. The minimum Gasteiger partial charge on any atom is -0.393 e. The predicted molar refractivity (Wildman–Crippen MR) is 73.8 cm³/mol. The molecule has 1 aliphatic rings. The number of rotatable bonds is 7. The molecular weight excluding hydrogens is 234 g/mol. The number of hydrogen-bond donors (Lipinski definition) is 2. The zero-order chi connectivity index (χ0) is 13.0. The van der Waals surface area contributed by atoms with Gasteiger partial charge in [0.15, 0.2) is 0 Å². The highest BCUT2D eigenvalue weighted by molar-refractivity contribution is 7.80. The largest absolute Gasteiger partial charge is 0.393 e. The molecule has 0 aromatic rings. The van der Waals surface area contributed by atoms with Crippen LogP contribution in [-0.4, -0.2) is 42.0 Å². The first-order chi connectivity index (χ1) is 7.93. The van der Waals surface area contributed by atoms with Crippen LogP contribution in [0.15, 0.2) is 0 Å². The molecule has 1 rings (SSSR count). The van der Waals surface area contributed by atoms with E-state index in [1.807, 2.05) is 13.8 Å². The minimum absolute atomic E-state index is 0.0447. The Labute approximate surface area is 109 Å². The Balaban J connectivity index is 2.29. The van der Waals surface area contributed by atoms with Crippen molar-refractivity contribution in [2.75, 3.05) is 20.1 Å². The Hall–Kier alpha value is -0.680. The lowest BCUT2D eigenvalue weighted by atomic mass is 9.95. The molecule has 0 aromatic carbocycles. The van der Waals surface area contributed by atoms with Gasteiger partial charge in [-0.2, -0.15) is 0 Å². The third kappa shape index (κ3) is 4.60. The van der Waals surface area contributed by atoms with Crippen molar-refractivity contribution in [1.29, 1.82) is 0 Å². The van der Waals surface area contributed by atoms with Gasteiger partial charge in [-0.15, -0.1) is 0 Å². The number of nitrogens with zero attached hydrogens (tertiary/aromatic N) is 1. The summed E-state index contributed by atoms with van der Waals surface area (Å²) >= 11 is 4.93. The van der Waals surface area contributed by atoms with E-state index in [0.29, 0.717) is 6.54 Å². The second-order valence-corrected chi connectivity index (χ2v) is 5.60. The van der Waals surface area contributed by atoms with E-state index >= 15 is 0 Å². The summed E-state index contributed by atoms with van der Waals surface area (Å²) in [6.07, 6.45) is 2.57. The summed E-state index contributed by atoms with van der Waals surface area (Å²) in [5.41, 5.74) is 5.59. The molecule has 17 heavy (non-hydrogen) atoms. The van der Waals surface area contributed by atoms with Crippen molar-refractivity contribution in [3.8, 4) is 0 Å². The van der Waals surface area contributed by atoms with E-state index in [1.54, 1.807) is 0 Å². The fourth-order valence-corrected chi connectivity index (χ4v) is 2.30. The molecule has 1 atom stereocenters. The molecule has 0 heterocycles. The Bertz CT molecular complexity index is 289. The second kappa shape index (κ2) is 6.31.